The lowest BCUT2D eigenvalue weighted by molar-refractivity contribution is 0.217. The van der Waals surface area contributed by atoms with Gasteiger partial charge in [0.15, 0.2) is 0 Å². The number of rotatable bonds is 8. The maximum absolute atomic E-state index is 5.71. The Balaban J connectivity index is 1.79. The molecule has 0 fully saturated rings. The predicted molar refractivity (Wildman–Crippen MR) is 84.8 cm³/mol. The Morgan fingerprint density at radius 1 is 1.18 bits per heavy atom. The van der Waals surface area contributed by atoms with Crippen molar-refractivity contribution < 1.29 is 18.7 Å². The summed E-state index contributed by atoms with van der Waals surface area (Å²) in [6.07, 6.45) is 2.71. The van der Waals surface area contributed by atoms with Crippen LogP contribution >= 0.6 is 0 Å². The standard InChI is InChI=1S/C17H21NO4/c1-4-14(3)21-16-9-7-15(8-10-16)20-12-13(2)18-22-17-6-5-11-19-17/h5-11,14H,4,12H2,1-3H3. The van der Waals surface area contributed by atoms with E-state index in [-0.39, 0.29) is 6.10 Å². The van der Waals surface area contributed by atoms with Gasteiger partial charge in [0.1, 0.15) is 18.1 Å². The summed E-state index contributed by atoms with van der Waals surface area (Å²) in [5.74, 6) is 1.95. The molecule has 1 atom stereocenters. The van der Waals surface area contributed by atoms with Crippen LogP contribution in [0.15, 0.2) is 52.2 Å². The van der Waals surface area contributed by atoms with Crippen LogP contribution in [-0.4, -0.2) is 18.4 Å². The van der Waals surface area contributed by atoms with Gasteiger partial charge in [0.2, 0.25) is 0 Å². The van der Waals surface area contributed by atoms with Crippen molar-refractivity contribution in [1.29, 1.82) is 0 Å². The van der Waals surface area contributed by atoms with Gasteiger partial charge in [-0.3, -0.25) is 0 Å². The van der Waals surface area contributed by atoms with E-state index in [0.717, 1.165) is 17.9 Å². The molecule has 0 N–H and O–H groups in total. The molecule has 1 aromatic carbocycles. The van der Waals surface area contributed by atoms with Crippen LogP contribution in [0.3, 0.4) is 0 Å². The summed E-state index contributed by atoms with van der Waals surface area (Å²) in [4.78, 5) is 5.09. The zero-order valence-corrected chi connectivity index (χ0v) is 13.1. The first-order valence-electron chi connectivity index (χ1n) is 7.31. The number of benzene rings is 1. The molecule has 0 saturated carbocycles. The fourth-order valence-corrected chi connectivity index (χ4v) is 1.58. The summed E-state index contributed by atoms with van der Waals surface area (Å²) >= 11 is 0. The number of hydrogen-bond donors (Lipinski definition) is 0. The third-order valence-electron chi connectivity index (χ3n) is 2.97. The summed E-state index contributed by atoms with van der Waals surface area (Å²) in [5, 5.41) is 3.92. The molecule has 0 spiro atoms. The molecule has 5 nitrogen and oxygen atoms in total. The van der Waals surface area contributed by atoms with E-state index < -0.39 is 0 Å². The van der Waals surface area contributed by atoms with Gasteiger partial charge in [-0.05, 0) is 50.6 Å². The second-order valence-corrected chi connectivity index (χ2v) is 4.95. The van der Waals surface area contributed by atoms with Crippen molar-refractivity contribution in [3.8, 4) is 17.4 Å². The fourth-order valence-electron chi connectivity index (χ4n) is 1.58. The lowest BCUT2D eigenvalue weighted by atomic mass is 10.3. The zero-order valence-electron chi connectivity index (χ0n) is 13.1. The molecule has 0 aliphatic heterocycles. The molecule has 1 heterocycles. The van der Waals surface area contributed by atoms with Crippen molar-refractivity contribution in [2.24, 2.45) is 5.16 Å². The minimum absolute atomic E-state index is 0.208. The quantitative estimate of drug-likeness (QED) is 0.539. The SMILES string of the molecule is CCC(C)Oc1ccc(OCC(C)=NOc2ccco2)cc1. The summed E-state index contributed by atoms with van der Waals surface area (Å²) in [6, 6.07) is 11.0. The highest BCUT2D eigenvalue weighted by atomic mass is 16.7. The van der Waals surface area contributed by atoms with Crippen molar-refractivity contribution >= 4 is 5.71 Å². The van der Waals surface area contributed by atoms with Gasteiger partial charge in [0.25, 0.3) is 0 Å². The fraction of sp³-hybridized carbons (Fsp3) is 0.353. The maximum atomic E-state index is 5.71. The Hall–Kier alpha value is -2.43. The molecule has 5 heteroatoms. The number of hydrogen-bond acceptors (Lipinski definition) is 5. The number of oxime groups is 1. The van der Waals surface area contributed by atoms with Crippen LogP contribution in [0.2, 0.25) is 0 Å². The molecule has 0 amide bonds. The molecule has 1 aromatic heterocycles. The Bertz CT molecular complexity index is 575. The van der Waals surface area contributed by atoms with E-state index in [0.29, 0.717) is 18.3 Å². The third kappa shape index (κ3) is 5.16. The van der Waals surface area contributed by atoms with Gasteiger partial charge in [-0.15, -0.1) is 0 Å². The molecule has 0 radical (unpaired) electrons. The van der Waals surface area contributed by atoms with Crippen LogP contribution in [-0.2, 0) is 0 Å². The van der Waals surface area contributed by atoms with Crippen LogP contribution in [0.25, 0.3) is 0 Å². The van der Waals surface area contributed by atoms with Gasteiger partial charge < -0.3 is 18.7 Å². The average Bonchev–Trinajstić information content (AvgIpc) is 3.05. The monoisotopic (exact) mass is 303 g/mol. The molecular formula is C17H21NO4. The van der Waals surface area contributed by atoms with E-state index in [9.17, 15) is 0 Å². The van der Waals surface area contributed by atoms with Crippen molar-refractivity contribution in [1.82, 2.24) is 0 Å². The Morgan fingerprint density at radius 2 is 1.91 bits per heavy atom. The first kappa shape index (κ1) is 15.9. The van der Waals surface area contributed by atoms with E-state index in [4.69, 9.17) is 18.7 Å². The lowest BCUT2D eigenvalue weighted by Gasteiger charge is -2.13. The summed E-state index contributed by atoms with van der Waals surface area (Å²) in [7, 11) is 0. The summed E-state index contributed by atoms with van der Waals surface area (Å²) < 4.78 is 16.4. The largest absolute Gasteiger partial charge is 0.491 e. The second kappa shape index (κ2) is 8.12. The maximum Gasteiger partial charge on any atom is 0.314 e. The smallest absolute Gasteiger partial charge is 0.314 e. The van der Waals surface area contributed by atoms with Crippen molar-refractivity contribution in [3.05, 3.63) is 42.7 Å². The second-order valence-electron chi connectivity index (χ2n) is 4.95. The van der Waals surface area contributed by atoms with Crippen LogP contribution < -0.4 is 14.3 Å². The molecule has 0 saturated heterocycles. The molecule has 118 valence electrons. The Morgan fingerprint density at radius 3 is 2.55 bits per heavy atom. The van der Waals surface area contributed by atoms with Gasteiger partial charge in [0, 0.05) is 6.07 Å². The highest BCUT2D eigenvalue weighted by Crippen LogP contribution is 2.19. The summed E-state index contributed by atoms with van der Waals surface area (Å²) in [6.45, 7) is 6.30. The van der Waals surface area contributed by atoms with E-state index in [1.807, 2.05) is 38.1 Å². The van der Waals surface area contributed by atoms with Crippen LogP contribution in [0, 0.1) is 0 Å². The van der Waals surface area contributed by atoms with Gasteiger partial charge in [-0.25, -0.2) is 0 Å². The number of nitrogens with zero attached hydrogens (tertiary/aromatic N) is 1. The van der Waals surface area contributed by atoms with Gasteiger partial charge in [0.05, 0.1) is 18.1 Å². The molecule has 1 unspecified atom stereocenters. The molecule has 0 aliphatic rings. The Labute approximate surface area is 130 Å². The molecule has 2 rings (SSSR count). The van der Waals surface area contributed by atoms with Crippen LogP contribution in [0.4, 0.5) is 0 Å². The van der Waals surface area contributed by atoms with E-state index in [2.05, 4.69) is 12.1 Å². The first-order chi connectivity index (χ1) is 10.7. The minimum atomic E-state index is 0.208. The predicted octanol–water partition coefficient (Wildman–Crippen LogP) is 4.29. The molecule has 0 bridgehead atoms. The normalized spacial score (nSPS) is 12.8. The molecule has 22 heavy (non-hydrogen) atoms. The molecule has 0 aliphatic carbocycles. The van der Waals surface area contributed by atoms with Crippen molar-refractivity contribution in [2.45, 2.75) is 33.3 Å². The zero-order chi connectivity index (χ0) is 15.8. The van der Waals surface area contributed by atoms with E-state index in [1.165, 1.54) is 6.26 Å². The topological polar surface area (TPSA) is 53.2 Å². The van der Waals surface area contributed by atoms with E-state index in [1.54, 1.807) is 12.1 Å². The van der Waals surface area contributed by atoms with E-state index >= 15 is 0 Å². The van der Waals surface area contributed by atoms with Crippen LogP contribution in [0.1, 0.15) is 27.2 Å². The molecule has 2 aromatic rings. The van der Waals surface area contributed by atoms with Crippen molar-refractivity contribution in [2.75, 3.05) is 6.61 Å². The number of ether oxygens (including phenoxy) is 2. The van der Waals surface area contributed by atoms with Crippen molar-refractivity contribution in [3.63, 3.8) is 0 Å². The average molecular weight is 303 g/mol. The highest BCUT2D eigenvalue weighted by Gasteiger charge is 2.02. The van der Waals surface area contributed by atoms with Crippen LogP contribution in [0.5, 0.6) is 17.4 Å². The van der Waals surface area contributed by atoms with Gasteiger partial charge in [-0.2, -0.15) is 0 Å². The number of furan rings is 1. The Kier molecular flexibility index (Phi) is 5.89. The van der Waals surface area contributed by atoms with Gasteiger partial charge >= 0.3 is 5.95 Å². The third-order valence-corrected chi connectivity index (χ3v) is 2.97. The highest BCUT2D eigenvalue weighted by molar-refractivity contribution is 5.82. The summed E-state index contributed by atoms with van der Waals surface area (Å²) in [5.41, 5.74) is 0.705. The first-order valence-corrected chi connectivity index (χ1v) is 7.31. The minimum Gasteiger partial charge on any atom is -0.491 e. The lowest BCUT2D eigenvalue weighted by Crippen LogP contribution is -2.10. The van der Waals surface area contributed by atoms with Gasteiger partial charge in [-0.1, -0.05) is 12.1 Å². The molecular weight excluding hydrogens is 282 g/mol.